The topological polar surface area (TPSA) is 0 Å². The Kier molecular flexibility index (Phi) is 5.28. The van der Waals surface area contributed by atoms with Crippen LogP contribution >= 0.6 is 0 Å². The average molecular weight is 268 g/mol. The Labute approximate surface area is 95.2 Å². The van der Waals surface area contributed by atoms with Gasteiger partial charge in [0.1, 0.15) is 0 Å². The molecule has 0 amide bonds. The van der Waals surface area contributed by atoms with Crippen LogP contribution in [0, 0.1) is 5.92 Å². The lowest BCUT2D eigenvalue weighted by atomic mass is 9.92. The van der Waals surface area contributed by atoms with Crippen molar-refractivity contribution in [2.24, 2.45) is 5.92 Å². The third-order valence-corrected chi connectivity index (χ3v) is 2.73. The molecule has 0 saturated heterocycles. The minimum Gasteiger partial charge on any atom is -0.251 e. The summed E-state index contributed by atoms with van der Waals surface area (Å²) >= 11 is 0. The summed E-state index contributed by atoms with van der Waals surface area (Å²) < 4.78 is 89.6. The molecule has 0 aromatic carbocycles. The van der Waals surface area contributed by atoms with E-state index < -0.39 is 43.2 Å². The van der Waals surface area contributed by atoms with E-state index in [9.17, 15) is 30.7 Å². The van der Waals surface area contributed by atoms with Crippen molar-refractivity contribution in [3.8, 4) is 0 Å². The van der Waals surface area contributed by atoms with Gasteiger partial charge in [-0.25, -0.2) is 8.78 Å². The van der Waals surface area contributed by atoms with Crippen LogP contribution in [0.1, 0.15) is 33.1 Å². The summed E-state index contributed by atoms with van der Waals surface area (Å²) in [4.78, 5) is 0. The first kappa shape index (κ1) is 16.5. The summed E-state index contributed by atoms with van der Waals surface area (Å²) in [5.74, 6) is -15.0. The van der Waals surface area contributed by atoms with Crippen molar-refractivity contribution in [2.45, 2.75) is 50.9 Å². The van der Waals surface area contributed by atoms with Crippen LogP contribution in [0.5, 0.6) is 0 Å². The Morgan fingerprint density at radius 1 is 0.941 bits per heavy atom. The minimum atomic E-state index is -4.91. The van der Waals surface area contributed by atoms with Gasteiger partial charge in [-0.05, 0) is 6.42 Å². The van der Waals surface area contributed by atoms with Crippen molar-refractivity contribution >= 4 is 0 Å². The van der Waals surface area contributed by atoms with E-state index in [0.29, 0.717) is 0 Å². The van der Waals surface area contributed by atoms with E-state index in [4.69, 9.17) is 0 Å². The maximum Gasteiger partial charge on any atom is 0.316 e. The molecule has 0 aliphatic rings. The van der Waals surface area contributed by atoms with Crippen molar-refractivity contribution in [3.05, 3.63) is 0 Å². The van der Waals surface area contributed by atoms with Gasteiger partial charge in [0.25, 0.3) is 5.92 Å². The van der Waals surface area contributed by atoms with E-state index in [1.807, 2.05) is 0 Å². The molecule has 7 heteroatoms. The van der Waals surface area contributed by atoms with Gasteiger partial charge >= 0.3 is 11.8 Å². The van der Waals surface area contributed by atoms with E-state index >= 15 is 0 Å². The first-order valence-electron chi connectivity index (χ1n) is 5.19. The molecular weight excluding hydrogens is 253 g/mol. The number of hydrogen-bond acceptors (Lipinski definition) is 0. The molecule has 0 spiro atoms. The fraction of sp³-hybridized carbons (Fsp3) is 1.00. The zero-order chi connectivity index (χ0) is 13.9. The first-order chi connectivity index (χ1) is 7.50. The van der Waals surface area contributed by atoms with Crippen LogP contribution in [0.4, 0.5) is 30.7 Å². The molecule has 0 bridgehead atoms. The molecule has 0 aromatic heterocycles. The van der Waals surface area contributed by atoms with Crippen molar-refractivity contribution in [2.75, 3.05) is 6.67 Å². The molecule has 0 radical (unpaired) electrons. The fourth-order valence-corrected chi connectivity index (χ4v) is 1.20. The molecule has 17 heavy (non-hydrogen) atoms. The summed E-state index contributed by atoms with van der Waals surface area (Å²) in [6.45, 7) is 0.664. The highest BCUT2D eigenvalue weighted by molar-refractivity contribution is 4.90. The summed E-state index contributed by atoms with van der Waals surface area (Å²) in [7, 11) is 0. The molecule has 0 N–H and O–H groups in total. The van der Waals surface area contributed by atoms with E-state index in [0.717, 1.165) is 6.92 Å². The maximum absolute atomic E-state index is 13.2. The highest BCUT2D eigenvalue weighted by Gasteiger charge is 2.60. The number of rotatable bonds is 7. The monoisotopic (exact) mass is 268 g/mol. The summed E-state index contributed by atoms with van der Waals surface area (Å²) in [5, 5.41) is 0. The lowest BCUT2D eigenvalue weighted by Gasteiger charge is -2.31. The molecule has 0 aromatic rings. The summed E-state index contributed by atoms with van der Waals surface area (Å²) in [5.41, 5.74) is 0. The smallest absolute Gasteiger partial charge is 0.251 e. The van der Waals surface area contributed by atoms with E-state index in [2.05, 4.69) is 0 Å². The first-order valence-corrected chi connectivity index (χ1v) is 5.19. The van der Waals surface area contributed by atoms with Gasteiger partial charge in [-0.15, -0.1) is 0 Å². The quantitative estimate of drug-likeness (QED) is 0.588. The van der Waals surface area contributed by atoms with E-state index in [-0.39, 0.29) is 6.42 Å². The lowest BCUT2D eigenvalue weighted by molar-refractivity contribution is -0.248. The van der Waals surface area contributed by atoms with Crippen molar-refractivity contribution in [3.63, 3.8) is 0 Å². The predicted octanol–water partition coefficient (Wildman–Crippen LogP) is 4.69. The Morgan fingerprint density at radius 3 is 1.76 bits per heavy atom. The van der Waals surface area contributed by atoms with Crippen LogP contribution in [0.25, 0.3) is 0 Å². The second-order valence-corrected chi connectivity index (χ2v) is 4.09. The minimum absolute atomic E-state index is 0.113. The lowest BCUT2D eigenvalue weighted by Crippen LogP contribution is -2.46. The van der Waals surface area contributed by atoms with Gasteiger partial charge in [0.2, 0.25) is 0 Å². The molecule has 0 heterocycles. The van der Waals surface area contributed by atoms with Gasteiger partial charge in [-0.1, -0.05) is 13.8 Å². The SMILES string of the molecule is CCC(C)C(F)(F)CC(F)(F)C(F)(F)CCF. The highest BCUT2D eigenvalue weighted by Crippen LogP contribution is 2.46. The van der Waals surface area contributed by atoms with Crippen molar-refractivity contribution in [1.82, 2.24) is 0 Å². The Hall–Kier alpha value is -0.490. The second kappa shape index (κ2) is 5.44. The Morgan fingerprint density at radius 2 is 1.41 bits per heavy atom. The van der Waals surface area contributed by atoms with Gasteiger partial charge < -0.3 is 0 Å². The molecule has 1 atom stereocenters. The van der Waals surface area contributed by atoms with Gasteiger partial charge in [-0.2, -0.15) is 17.6 Å². The molecule has 0 aliphatic carbocycles. The predicted molar refractivity (Wildman–Crippen MR) is 49.5 cm³/mol. The number of alkyl halides is 7. The molecule has 1 unspecified atom stereocenters. The largest absolute Gasteiger partial charge is 0.316 e. The normalized spacial score (nSPS) is 16.1. The molecular formula is C10H15F7. The Balaban J connectivity index is 4.85. The van der Waals surface area contributed by atoms with Gasteiger partial charge in [0, 0.05) is 12.3 Å². The summed E-state index contributed by atoms with van der Waals surface area (Å²) in [6, 6.07) is 0. The van der Waals surface area contributed by atoms with Crippen molar-refractivity contribution < 1.29 is 30.7 Å². The molecule has 104 valence electrons. The molecule has 0 nitrogen and oxygen atoms in total. The highest BCUT2D eigenvalue weighted by atomic mass is 19.3. The van der Waals surface area contributed by atoms with Crippen LogP contribution < -0.4 is 0 Å². The zero-order valence-electron chi connectivity index (χ0n) is 9.55. The number of halogens is 7. The Bertz CT molecular complexity index is 237. The van der Waals surface area contributed by atoms with Gasteiger partial charge in [-0.3, -0.25) is 4.39 Å². The fourth-order valence-electron chi connectivity index (χ4n) is 1.20. The second-order valence-electron chi connectivity index (χ2n) is 4.09. The van der Waals surface area contributed by atoms with Crippen LogP contribution in [0.3, 0.4) is 0 Å². The van der Waals surface area contributed by atoms with Gasteiger partial charge in [0.15, 0.2) is 0 Å². The maximum atomic E-state index is 13.2. The number of hydrogen-bond donors (Lipinski definition) is 0. The molecule has 0 fully saturated rings. The third kappa shape index (κ3) is 4.03. The van der Waals surface area contributed by atoms with Crippen LogP contribution in [0.15, 0.2) is 0 Å². The molecule has 0 saturated carbocycles. The van der Waals surface area contributed by atoms with Gasteiger partial charge in [0.05, 0.1) is 13.1 Å². The van der Waals surface area contributed by atoms with Crippen molar-refractivity contribution in [1.29, 1.82) is 0 Å². The molecule has 0 rings (SSSR count). The molecule has 0 aliphatic heterocycles. The summed E-state index contributed by atoms with van der Waals surface area (Å²) in [6.07, 6.45) is -4.13. The van der Waals surface area contributed by atoms with Crippen LogP contribution in [-0.2, 0) is 0 Å². The van der Waals surface area contributed by atoms with Crippen LogP contribution in [-0.4, -0.2) is 24.4 Å². The standard InChI is InChI=1S/C10H15F7/c1-3-7(2)8(12,13)6-10(16,17)9(14,15)4-5-11/h7H,3-6H2,1-2H3. The van der Waals surface area contributed by atoms with E-state index in [1.54, 1.807) is 0 Å². The van der Waals surface area contributed by atoms with Crippen LogP contribution in [0.2, 0.25) is 0 Å². The van der Waals surface area contributed by atoms with E-state index in [1.165, 1.54) is 6.92 Å². The zero-order valence-corrected chi connectivity index (χ0v) is 9.55. The third-order valence-electron chi connectivity index (χ3n) is 2.73. The average Bonchev–Trinajstić information content (AvgIpc) is 2.14.